The third kappa shape index (κ3) is 5.40. The number of sulfonamides is 1. The van der Waals surface area contributed by atoms with Crippen molar-refractivity contribution in [1.29, 1.82) is 5.26 Å². The first-order valence-corrected chi connectivity index (χ1v) is 13.1. The average Bonchev–Trinajstić information content (AvgIpc) is 3.46. The van der Waals surface area contributed by atoms with Crippen LogP contribution in [0.5, 0.6) is 5.75 Å². The van der Waals surface area contributed by atoms with Crippen LogP contribution in [0.4, 0.5) is 0 Å². The molecule has 0 bridgehead atoms. The van der Waals surface area contributed by atoms with Gasteiger partial charge in [-0.25, -0.2) is 13.1 Å². The van der Waals surface area contributed by atoms with Gasteiger partial charge in [-0.15, -0.1) is 0 Å². The zero-order chi connectivity index (χ0) is 26.0. The molecular formula is C25H27N5O5S. The molecule has 188 valence electrons. The number of hydrogen-bond donors (Lipinski definition) is 1. The van der Waals surface area contributed by atoms with E-state index in [4.69, 9.17) is 9.26 Å². The van der Waals surface area contributed by atoms with Crippen molar-refractivity contribution >= 4 is 15.9 Å². The quantitative estimate of drug-likeness (QED) is 0.489. The van der Waals surface area contributed by atoms with Crippen molar-refractivity contribution in [1.82, 2.24) is 19.8 Å². The van der Waals surface area contributed by atoms with Crippen LogP contribution in [0.2, 0.25) is 0 Å². The molecule has 1 aliphatic rings. The van der Waals surface area contributed by atoms with E-state index in [1.807, 2.05) is 32.0 Å². The highest BCUT2D eigenvalue weighted by Crippen LogP contribution is 2.38. The van der Waals surface area contributed by atoms with Gasteiger partial charge in [0.25, 0.3) is 5.89 Å². The maximum absolute atomic E-state index is 12.5. The van der Waals surface area contributed by atoms with Crippen LogP contribution in [0.25, 0.3) is 22.8 Å². The molecule has 1 aromatic heterocycles. The van der Waals surface area contributed by atoms with Crippen LogP contribution >= 0.6 is 0 Å². The molecule has 0 spiro atoms. The highest BCUT2D eigenvalue weighted by molar-refractivity contribution is 7.90. The highest BCUT2D eigenvalue weighted by atomic mass is 32.2. The lowest BCUT2D eigenvalue weighted by Gasteiger charge is -2.16. The first-order valence-electron chi connectivity index (χ1n) is 11.4. The van der Waals surface area contributed by atoms with E-state index >= 15 is 0 Å². The average molecular weight is 510 g/mol. The summed E-state index contributed by atoms with van der Waals surface area (Å²) in [7, 11) is -0.773. The smallest absolute Gasteiger partial charge is 0.258 e. The number of ether oxygens (including phenoxy) is 1. The number of rotatable bonds is 8. The molecular weight excluding hydrogens is 482 g/mol. The summed E-state index contributed by atoms with van der Waals surface area (Å²) < 4.78 is 38.9. The monoisotopic (exact) mass is 509 g/mol. The SMILES string of the molecule is CC(C)Oc1ccc(-c2nc(-c3cccc4c3CC[C@H]4NS(=O)(=O)CC(=O)N(C)C)no2)cc1C#N. The van der Waals surface area contributed by atoms with Gasteiger partial charge < -0.3 is 14.2 Å². The van der Waals surface area contributed by atoms with Crippen LogP contribution in [-0.2, 0) is 21.2 Å². The minimum absolute atomic E-state index is 0.0695. The Morgan fingerprint density at radius 3 is 2.78 bits per heavy atom. The van der Waals surface area contributed by atoms with Crippen LogP contribution in [0.1, 0.15) is 43.0 Å². The third-order valence-electron chi connectivity index (χ3n) is 5.78. The molecule has 0 saturated carbocycles. The second-order valence-electron chi connectivity index (χ2n) is 9.04. The number of fused-ring (bicyclic) bond motifs is 1. The Labute approximate surface area is 209 Å². The van der Waals surface area contributed by atoms with Gasteiger partial charge in [0.05, 0.1) is 11.7 Å². The van der Waals surface area contributed by atoms with Crippen LogP contribution in [-0.4, -0.2) is 55.3 Å². The molecule has 3 aromatic rings. The van der Waals surface area contributed by atoms with Crippen LogP contribution < -0.4 is 9.46 Å². The second kappa shape index (κ2) is 10.1. The number of carbonyl (C=O) groups is 1. The fourth-order valence-corrected chi connectivity index (χ4v) is 5.44. The molecule has 2 aromatic carbocycles. The molecule has 0 saturated heterocycles. The number of amides is 1. The Hall–Kier alpha value is -3.75. The fraction of sp³-hybridized carbons (Fsp3) is 0.360. The first kappa shape index (κ1) is 25.3. The van der Waals surface area contributed by atoms with Gasteiger partial charge in [0.2, 0.25) is 21.8 Å². The van der Waals surface area contributed by atoms with Crippen molar-refractivity contribution in [3.05, 3.63) is 53.1 Å². The molecule has 1 atom stereocenters. The van der Waals surface area contributed by atoms with Gasteiger partial charge in [-0.05, 0) is 56.0 Å². The predicted octanol–water partition coefficient (Wildman–Crippen LogP) is 3.06. The maximum atomic E-state index is 12.5. The number of nitrogens with one attached hydrogen (secondary N) is 1. The van der Waals surface area contributed by atoms with E-state index in [1.54, 1.807) is 18.2 Å². The zero-order valence-electron chi connectivity index (χ0n) is 20.5. The maximum Gasteiger partial charge on any atom is 0.258 e. The standard InChI is InChI=1S/C25H27N5O5S/c1-15(2)34-22-11-8-16(12-17(22)13-26)25-27-24(28-35-25)20-7-5-6-19-18(20)9-10-21(19)29-36(32,33)14-23(31)30(3)4/h5-8,11-12,15,21,29H,9-10,14H2,1-4H3/t21-/m1/s1. The van der Waals surface area contributed by atoms with Crippen LogP contribution in [0, 0.1) is 11.3 Å². The number of benzene rings is 2. The topological polar surface area (TPSA) is 138 Å². The van der Waals surface area contributed by atoms with Gasteiger partial charge in [0.1, 0.15) is 17.6 Å². The van der Waals surface area contributed by atoms with Crippen molar-refractivity contribution in [2.24, 2.45) is 0 Å². The van der Waals surface area contributed by atoms with E-state index < -0.39 is 27.7 Å². The summed E-state index contributed by atoms with van der Waals surface area (Å²) in [5.74, 6) is 0.0161. The second-order valence-corrected chi connectivity index (χ2v) is 10.8. The molecule has 1 N–H and O–H groups in total. The molecule has 1 heterocycles. The van der Waals surface area contributed by atoms with Crippen molar-refractivity contribution < 1.29 is 22.5 Å². The first-order chi connectivity index (χ1) is 17.1. The summed E-state index contributed by atoms with van der Waals surface area (Å²) >= 11 is 0. The normalized spacial score (nSPS) is 14.9. The lowest BCUT2D eigenvalue weighted by atomic mass is 10.0. The van der Waals surface area contributed by atoms with E-state index in [0.29, 0.717) is 35.5 Å². The van der Waals surface area contributed by atoms with E-state index in [-0.39, 0.29) is 12.0 Å². The fourth-order valence-electron chi connectivity index (χ4n) is 4.09. The number of nitriles is 1. The molecule has 0 radical (unpaired) electrons. The van der Waals surface area contributed by atoms with Gasteiger partial charge in [-0.2, -0.15) is 10.2 Å². The summed E-state index contributed by atoms with van der Waals surface area (Å²) in [5, 5.41) is 13.6. The molecule has 0 unspecified atom stereocenters. The summed E-state index contributed by atoms with van der Waals surface area (Å²) in [4.78, 5) is 17.7. The van der Waals surface area contributed by atoms with E-state index in [9.17, 15) is 18.5 Å². The van der Waals surface area contributed by atoms with Gasteiger partial charge >= 0.3 is 0 Å². The van der Waals surface area contributed by atoms with Gasteiger partial charge in [-0.1, -0.05) is 23.4 Å². The van der Waals surface area contributed by atoms with Crippen molar-refractivity contribution in [3.63, 3.8) is 0 Å². The largest absolute Gasteiger partial charge is 0.490 e. The molecule has 11 heteroatoms. The molecule has 1 aliphatic carbocycles. The van der Waals surface area contributed by atoms with E-state index in [0.717, 1.165) is 16.7 Å². The Balaban J connectivity index is 1.59. The Morgan fingerprint density at radius 1 is 1.31 bits per heavy atom. The minimum atomic E-state index is -3.81. The molecule has 0 aliphatic heterocycles. The van der Waals surface area contributed by atoms with Gasteiger partial charge in [-0.3, -0.25) is 4.79 Å². The molecule has 36 heavy (non-hydrogen) atoms. The number of aromatic nitrogens is 2. The van der Waals surface area contributed by atoms with Crippen molar-refractivity contribution in [3.8, 4) is 34.7 Å². The van der Waals surface area contributed by atoms with E-state index in [1.165, 1.54) is 19.0 Å². The molecule has 10 nitrogen and oxygen atoms in total. The highest BCUT2D eigenvalue weighted by Gasteiger charge is 2.30. The number of carbonyl (C=O) groups excluding carboxylic acids is 1. The Bertz CT molecular complexity index is 1440. The number of nitrogens with zero attached hydrogens (tertiary/aromatic N) is 4. The van der Waals surface area contributed by atoms with E-state index in [2.05, 4.69) is 20.9 Å². The lowest BCUT2D eigenvalue weighted by molar-refractivity contribution is -0.125. The minimum Gasteiger partial charge on any atom is -0.490 e. The van der Waals surface area contributed by atoms with Crippen LogP contribution in [0.3, 0.4) is 0 Å². The Kier molecular flexibility index (Phi) is 7.10. The summed E-state index contributed by atoms with van der Waals surface area (Å²) in [5.41, 5.74) is 3.44. The molecule has 0 fully saturated rings. The van der Waals surface area contributed by atoms with Crippen molar-refractivity contribution in [2.45, 2.75) is 38.8 Å². The van der Waals surface area contributed by atoms with Crippen molar-refractivity contribution in [2.75, 3.05) is 19.8 Å². The lowest BCUT2D eigenvalue weighted by Crippen LogP contribution is -2.37. The predicted molar refractivity (Wildman–Crippen MR) is 132 cm³/mol. The van der Waals surface area contributed by atoms with Gasteiger partial charge in [0, 0.05) is 31.3 Å². The summed E-state index contributed by atoms with van der Waals surface area (Å²) in [6.07, 6.45) is 1.10. The molecule has 4 rings (SSSR count). The summed E-state index contributed by atoms with van der Waals surface area (Å²) in [6, 6.07) is 12.3. The third-order valence-corrected chi connectivity index (χ3v) is 7.05. The number of hydrogen-bond acceptors (Lipinski definition) is 8. The zero-order valence-corrected chi connectivity index (χ0v) is 21.3. The Morgan fingerprint density at radius 2 is 2.08 bits per heavy atom. The van der Waals surface area contributed by atoms with Gasteiger partial charge in [0.15, 0.2) is 0 Å². The molecule has 1 amide bonds. The van der Waals surface area contributed by atoms with Crippen LogP contribution in [0.15, 0.2) is 40.9 Å². The summed E-state index contributed by atoms with van der Waals surface area (Å²) in [6.45, 7) is 3.77.